The lowest BCUT2D eigenvalue weighted by atomic mass is 9.97. The molecule has 3 rings (SSSR count). The molecule has 2 aromatic carbocycles. The van der Waals surface area contributed by atoms with Gasteiger partial charge in [-0.3, -0.25) is 14.4 Å². The summed E-state index contributed by atoms with van der Waals surface area (Å²) in [4.78, 5) is 40.0. The quantitative estimate of drug-likeness (QED) is 0.313. The van der Waals surface area contributed by atoms with Crippen LogP contribution in [0, 0.1) is 5.92 Å². The highest BCUT2D eigenvalue weighted by atomic mass is 79.9. The van der Waals surface area contributed by atoms with Gasteiger partial charge in [-0.2, -0.15) is 5.90 Å². The van der Waals surface area contributed by atoms with E-state index in [4.69, 9.17) is 10.6 Å². The second-order valence-corrected chi connectivity index (χ2v) is 6.76. The van der Waals surface area contributed by atoms with Gasteiger partial charge in [-0.1, -0.05) is 64.5 Å². The maximum atomic E-state index is 12.5. The zero-order valence-corrected chi connectivity index (χ0v) is 16.0. The van der Waals surface area contributed by atoms with Crippen molar-refractivity contribution >= 4 is 33.7 Å². The summed E-state index contributed by atoms with van der Waals surface area (Å²) in [6.07, 6.45) is -0.447. The van der Waals surface area contributed by atoms with E-state index in [0.29, 0.717) is 0 Å². The fourth-order valence-electron chi connectivity index (χ4n) is 3.34. The van der Waals surface area contributed by atoms with Crippen LogP contribution in [0.15, 0.2) is 48.5 Å². The van der Waals surface area contributed by atoms with Crippen LogP contribution >= 0.6 is 15.9 Å². The number of hydrogen-bond acceptors (Lipinski definition) is 6. The fraction of sp³-hybridized carbons (Fsp3) is 0.250. The van der Waals surface area contributed by atoms with E-state index in [1.807, 2.05) is 48.5 Å². The third-order valence-electron chi connectivity index (χ3n) is 4.66. The fourth-order valence-corrected chi connectivity index (χ4v) is 3.73. The molecule has 0 aliphatic heterocycles. The summed E-state index contributed by atoms with van der Waals surface area (Å²) in [7, 11) is 0. The molecule has 2 N–H and O–H groups in total. The first-order valence-corrected chi connectivity index (χ1v) is 9.52. The summed E-state index contributed by atoms with van der Waals surface area (Å²) in [6, 6.07) is 15.9. The molecule has 0 unspecified atom stereocenters. The first kappa shape index (κ1) is 19.3. The number of esters is 1. The van der Waals surface area contributed by atoms with E-state index >= 15 is 0 Å². The third-order valence-corrected chi connectivity index (χ3v) is 5.21. The van der Waals surface area contributed by atoms with E-state index in [1.54, 1.807) is 0 Å². The normalized spacial score (nSPS) is 13.4. The van der Waals surface area contributed by atoms with Crippen LogP contribution in [0.4, 0.5) is 0 Å². The van der Waals surface area contributed by atoms with Crippen molar-refractivity contribution in [2.45, 2.75) is 12.3 Å². The van der Waals surface area contributed by atoms with Gasteiger partial charge in [-0.15, -0.1) is 0 Å². The van der Waals surface area contributed by atoms with Gasteiger partial charge in [0.2, 0.25) is 0 Å². The van der Waals surface area contributed by atoms with E-state index in [1.165, 1.54) is 0 Å². The van der Waals surface area contributed by atoms with Gasteiger partial charge in [0.15, 0.2) is 5.78 Å². The van der Waals surface area contributed by atoms with E-state index in [9.17, 15) is 14.4 Å². The van der Waals surface area contributed by atoms with Gasteiger partial charge in [0.25, 0.3) is 0 Å². The number of fused-ring (bicyclic) bond motifs is 3. The molecule has 1 aliphatic carbocycles. The number of nitrogens with two attached hydrogens (primary N) is 1. The second kappa shape index (κ2) is 8.45. The molecule has 7 heteroatoms. The Hall–Kier alpha value is -2.51. The Morgan fingerprint density at radius 2 is 1.56 bits per heavy atom. The molecular formula is C20H18BrNO5. The molecule has 0 amide bonds. The van der Waals surface area contributed by atoms with E-state index in [2.05, 4.69) is 20.8 Å². The summed E-state index contributed by atoms with van der Waals surface area (Å²) < 4.78 is 5.44. The highest BCUT2D eigenvalue weighted by Crippen LogP contribution is 2.44. The minimum Gasteiger partial charge on any atom is -0.464 e. The first-order valence-electron chi connectivity index (χ1n) is 8.40. The number of carbonyl (C=O) groups is 3. The Morgan fingerprint density at radius 3 is 2.07 bits per heavy atom. The lowest BCUT2D eigenvalue weighted by molar-refractivity contribution is -0.158. The van der Waals surface area contributed by atoms with Crippen LogP contribution in [0.3, 0.4) is 0 Å². The number of ketones is 1. The predicted octanol–water partition coefficient (Wildman–Crippen LogP) is 2.73. The summed E-state index contributed by atoms with van der Waals surface area (Å²) in [5, 5.41) is -0.0697. The number of rotatable bonds is 7. The molecular weight excluding hydrogens is 414 g/mol. The number of hydrogen-bond donors (Lipinski definition) is 1. The highest BCUT2D eigenvalue weighted by molar-refractivity contribution is 9.09. The van der Waals surface area contributed by atoms with Gasteiger partial charge >= 0.3 is 11.9 Å². The Kier molecular flexibility index (Phi) is 6.03. The number of ether oxygens (including phenoxy) is 1. The maximum Gasteiger partial charge on any atom is 0.325 e. The minimum absolute atomic E-state index is 0.0697. The second-order valence-electron chi connectivity index (χ2n) is 6.20. The lowest BCUT2D eigenvalue weighted by Gasteiger charge is -2.17. The zero-order valence-electron chi connectivity index (χ0n) is 14.4. The van der Waals surface area contributed by atoms with Gasteiger partial charge in [-0.05, 0) is 22.3 Å². The van der Waals surface area contributed by atoms with Crippen molar-refractivity contribution in [1.29, 1.82) is 0 Å². The van der Waals surface area contributed by atoms with Crippen LogP contribution in [-0.2, 0) is 24.0 Å². The summed E-state index contributed by atoms with van der Waals surface area (Å²) in [6.45, 7) is 0.0800. The van der Waals surface area contributed by atoms with Crippen LogP contribution < -0.4 is 5.90 Å². The number of alkyl halides is 1. The molecule has 0 fully saturated rings. The predicted molar refractivity (Wildman–Crippen MR) is 102 cm³/mol. The Bertz CT molecular complexity index is 837. The molecule has 140 valence electrons. The molecule has 1 atom stereocenters. The molecule has 2 aromatic rings. The van der Waals surface area contributed by atoms with Crippen molar-refractivity contribution in [1.82, 2.24) is 0 Å². The average molecular weight is 432 g/mol. The molecule has 1 aliphatic rings. The highest BCUT2D eigenvalue weighted by Gasteiger charge is 2.33. The number of halogens is 1. The number of carbonyl (C=O) groups excluding carboxylic acids is 3. The van der Waals surface area contributed by atoms with Gasteiger partial charge in [0, 0.05) is 5.92 Å². The summed E-state index contributed by atoms with van der Waals surface area (Å²) in [5.74, 6) is 1.39. The molecule has 0 spiro atoms. The van der Waals surface area contributed by atoms with Gasteiger partial charge in [-0.25, -0.2) is 0 Å². The summed E-state index contributed by atoms with van der Waals surface area (Å²) in [5.41, 5.74) is 4.34. The SMILES string of the molecule is NOC(=O)C[C@@H](C(=O)CBr)C(=O)OCC1c2ccccc2-c2ccccc21. The molecule has 0 aromatic heterocycles. The van der Waals surface area contributed by atoms with Gasteiger partial charge < -0.3 is 9.57 Å². The zero-order chi connectivity index (χ0) is 19.4. The van der Waals surface area contributed by atoms with E-state index in [0.717, 1.165) is 22.3 Å². The van der Waals surface area contributed by atoms with E-state index in [-0.39, 0.29) is 17.9 Å². The van der Waals surface area contributed by atoms with E-state index < -0.39 is 30.1 Å². The molecule has 6 nitrogen and oxygen atoms in total. The van der Waals surface area contributed by atoms with Crippen molar-refractivity contribution in [3.8, 4) is 11.1 Å². The molecule has 27 heavy (non-hydrogen) atoms. The Labute approximate surface area is 164 Å². The topological polar surface area (TPSA) is 95.7 Å². The van der Waals surface area contributed by atoms with Crippen molar-refractivity contribution in [3.63, 3.8) is 0 Å². The molecule has 0 heterocycles. The standard InChI is InChI=1S/C20H18BrNO5/c21-10-18(23)16(9-19(24)27-22)20(25)26-11-17-14-7-3-1-5-12(14)13-6-2-4-8-15(13)17/h1-8,16-17H,9-11,22H2/t16-/m0/s1. The van der Waals surface area contributed by atoms with Crippen LogP contribution in [0.5, 0.6) is 0 Å². The molecule has 0 radical (unpaired) electrons. The average Bonchev–Trinajstić information content (AvgIpc) is 3.03. The monoisotopic (exact) mass is 431 g/mol. The van der Waals surface area contributed by atoms with Crippen molar-refractivity contribution in [2.24, 2.45) is 11.8 Å². The van der Waals surface area contributed by atoms with Crippen LogP contribution in [0.2, 0.25) is 0 Å². The minimum atomic E-state index is -1.24. The van der Waals surface area contributed by atoms with Crippen LogP contribution in [-0.4, -0.2) is 29.7 Å². The first-order chi connectivity index (χ1) is 13.1. The van der Waals surface area contributed by atoms with Gasteiger partial charge in [0.05, 0.1) is 11.8 Å². The lowest BCUT2D eigenvalue weighted by Crippen LogP contribution is -2.31. The molecule has 0 saturated carbocycles. The Morgan fingerprint density at radius 1 is 1.00 bits per heavy atom. The van der Waals surface area contributed by atoms with Crippen LogP contribution in [0.25, 0.3) is 11.1 Å². The maximum absolute atomic E-state index is 12.5. The van der Waals surface area contributed by atoms with Crippen molar-refractivity contribution < 1.29 is 24.0 Å². The van der Waals surface area contributed by atoms with Crippen molar-refractivity contribution in [3.05, 3.63) is 59.7 Å². The molecule has 0 bridgehead atoms. The number of Topliss-reactive ketones (excluding diaryl/α,β-unsaturated/α-hetero) is 1. The third kappa shape index (κ3) is 3.94. The number of benzene rings is 2. The Balaban J connectivity index is 1.78. The van der Waals surface area contributed by atoms with Crippen molar-refractivity contribution in [2.75, 3.05) is 11.9 Å². The van der Waals surface area contributed by atoms with Gasteiger partial charge in [0.1, 0.15) is 12.5 Å². The summed E-state index contributed by atoms with van der Waals surface area (Å²) >= 11 is 3.02. The largest absolute Gasteiger partial charge is 0.464 e. The smallest absolute Gasteiger partial charge is 0.325 e. The molecule has 0 saturated heterocycles. The van der Waals surface area contributed by atoms with Crippen LogP contribution in [0.1, 0.15) is 23.5 Å².